The summed E-state index contributed by atoms with van der Waals surface area (Å²) in [5, 5.41) is 4.02. The average molecular weight is 439 g/mol. The molecule has 5 nitrogen and oxygen atoms in total. The summed E-state index contributed by atoms with van der Waals surface area (Å²) in [5.41, 5.74) is 3.81. The topological polar surface area (TPSA) is 58.1 Å². The molecule has 5 rings (SSSR count). The molecule has 1 amide bonds. The Morgan fingerprint density at radius 2 is 2.00 bits per heavy atom. The number of thiazole rings is 1. The Bertz CT molecular complexity index is 1030. The van der Waals surface area contributed by atoms with Gasteiger partial charge in [-0.3, -0.25) is 4.79 Å². The third-order valence-corrected chi connectivity index (χ3v) is 7.36. The minimum atomic E-state index is 0.0291. The monoisotopic (exact) mass is 438 g/mol. The fourth-order valence-electron chi connectivity index (χ4n) is 4.36. The van der Waals surface area contributed by atoms with E-state index in [4.69, 9.17) is 11.6 Å². The molecule has 1 aromatic carbocycles. The Balaban J connectivity index is 1.37. The number of rotatable bonds is 5. The maximum Gasteiger partial charge on any atom is 0.274 e. The number of nitrogens with zero attached hydrogens (tertiary/aromatic N) is 3. The van der Waals surface area contributed by atoms with Crippen LogP contribution in [0.4, 0.5) is 5.82 Å². The van der Waals surface area contributed by atoms with Crippen LogP contribution in [-0.4, -0.2) is 39.9 Å². The van der Waals surface area contributed by atoms with E-state index in [1.165, 1.54) is 24.2 Å². The fourth-order valence-corrected chi connectivity index (χ4v) is 5.26. The highest BCUT2D eigenvalue weighted by atomic mass is 35.5. The van der Waals surface area contributed by atoms with Crippen molar-refractivity contribution in [3.05, 3.63) is 64.9 Å². The first kappa shape index (κ1) is 19.5. The normalized spacial score (nSPS) is 19.6. The summed E-state index contributed by atoms with van der Waals surface area (Å²) in [6.45, 7) is 1.46. The quantitative estimate of drug-likeness (QED) is 0.582. The zero-order chi connectivity index (χ0) is 20.6. The zero-order valence-corrected chi connectivity index (χ0v) is 18.1. The van der Waals surface area contributed by atoms with Crippen LogP contribution in [-0.2, 0) is 0 Å². The Labute approximate surface area is 185 Å². The van der Waals surface area contributed by atoms with E-state index in [0.29, 0.717) is 22.7 Å². The molecule has 1 N–H and O–H groups in total. The molecule has 0 bridgehead atoms. The number of aromatic nitrogens is 2. The van der Waals surface area contributed by atoms with Gasteiger partial charge in [-0.1, -0.05) is 41.9 Å². The number of anilines is 1. The van der Waals surface area contributed by atoms with Crippen molar-refractivity contribution in [2.45, 2.75) is 31.7 Å². The van der Waals surface area contributed by atoms with Crippen molar-refractivity contribution in [1.29, 1.82) is 0 Å². The molecule has 1 saturated heterocycles. The molecule has 2 aliphatic rings. The van der Waals surface area contributed by atoms with Gasteiger partial charge < -0.3 is 10.2 Å². The van der Waals surface area contributed by atoms with E-state index >= 15 is 0 Å². The van der Waals surface area contributed by atoms with Crippen molar-refractivity contribution in [2.75, 3.05) is 18.4 Å². The van der Waals surface area contributed by atoms with Crippen LogP contribution in [0.25, 0.3) is 10.4 Å². The van der Waals surface area contributed by atoms with Gasteiger partial charge in [-0.15, -0.1) is 11.3 Å². The van der Waals surface area contributed by atoms with E-state index in [9.17, 15) is 4.79 Å². The van der Waals surface area contributed by atoms with E-state index in [2.05, 4.69) is 15.3 Å². The van der Waals surface area contributed by atoms with Gasteiger partial charge in [0.25, 0.3) is 5.91 Å². The molecule has 1 atom stereocenters. The fraction of sp³-hybridized carbons (Fsp3) is 0.348. The summed E-state index contributed by atoms with van der Waals surface area (Å²) >= 11 is 7.47. The van der Waals surface area contributed by atoms with Crippen molar-refractivity contribution in [1.82, 2.24) is 14.9 Å². The van der Waals surface area contributed by atoms with Crippen LogP contribution in [0.5, 0.6) is 0 Å². The van der Waals surface area contributed by atoms with Gasteiger partial charge >= 0.3 is 0 Å². The number of likely N-dealkylation sites (tertiary alicyclic amines) is 1. The number of halogens is 1. The zero-order valence-electron chi connectivity index (χ0n) is 16.6. The third kappa shape index (κ3) is 3.94. The van der Waals surface area contributed by atoms with Crippen LogP contribution in [0.15, 0.2) is 54.2 Å². The SMILES string of the molecule is O=C(c1ncsc1-c1ccccc1)N1CCC2(CC2)CC1CNc1ccc(Cl)cn1. The second-order valence-corrected chi connectivity index (χ2v) is 9.54. The number of piperidine rings is 1. The highest BCUT2D eigenvalue weighted by molar-refractivity contribution is 7.13. The number of carbonyl (C=O) groups is 1. The van der Waals surface area contributed by atoms with Crippen molar-refractivity contribution >= 4 is 34.7 Å². The van der Waals surface area contributed by atoms with Crippen LogP contribution in [0, 0.1) is 5.41 Å². The van der Waals surface area contributed by atoms with E-state index in [1.54, 1.807) is 11.7 Å². The molecule has 1 aliphatic heterocycles. The Morgan fingerprint density at radius 3 is 2.73 bits per heavy atom. The van der Waals surface area contributed by atoms with Gasteiger partial charge in [0, 0.05) is 25.3 Å². The molecule has 7 heteroatoms. The van der Waals surface area contributed by atoms with Gasteiger partial charge in [-0.05, 0) is 48.8 Å². The predicted molar refractivity (Wildman–Crippen MR) is 121 cm³/mol. The Kier molecular flexibility index (Phi) is 5.21. The van der Waals surface area contributed by atoms with Gasteiger partial charge in [-0.25, -0.2) is 9.97 Å². The molecular weight excluding hydrogens is 416 g/mol. The number of carbonyl (C=O) groups excluding carboxylic acids is 1. The summed E-state index contributed by atoms with van der Waals surface area (Å²) in [5.74, 6) is 0.808. The lowest BCUT2D eigenvalue weighted by molar-refractivity contribution is 0.0541. The molecule has 1 unspecified atom stereocenters. The van der Waals surface area contributed by atoms with Gasteiger partial charge in [0.15, 0.2) is 0 Å². The number of nitrogens with one attached hydrogen (secondary N) is 1. The molecule has 2 aromatic heterocycles. The molecule has 1 spiro atoms. The number of hydrogen-bond acceptors (Lipinski definition) is 5. The summed E-state index contributed by atoms with van der Waals surface area (Å²) < 4.78 is 0. The number of hydrogen-bond donors (Lipinski definition) is 1. The summed E-state index contributed by atoms with van der Waals surface area (Å²) in [6, 6.07) is 13.9. The second kappa shape index (κ2) is 8.00. The van der Waals surface area contributed by atoms with Crippen molar-refractivity contribution in [2.24, 2.45) is 5.41 Å². The van der Waals surface area contributed by atoms with E-state index in [-0.39, 0.29) is 11.9 Å². The standard InChI is InChI=1S/C23H23ClN4OS/c24-17-6-7-19(25-13-17)26-14-18-12-23(8-9-23)10-11-28(18)22(29)20-21(30-15-27-20)16-4-2-1-3-5-16/h1-7,13,15,18H,8-12,14H2,(H,25,26). The van der Waals surface area contributed by atoms with Crippen LogP contribution < -0.4 is 5.32 Å². The molecule has 1 aliphatic carbocycles. The second-order valence-electron chi connectivity index (χ2n) is 8.25. The first-order chi connectivity index (χ1) is 14.6. The number of benzene rings is 1. The molecule has 2 fully saturated rings. The summed E-state index contributed by atoms with van der Waals surface area (Å²) in [4.78, 5) is 25.3. The van der Waals surface area contributed by atoms with E-state index < -0.39 is 0 Å². The van der Waals surface area contributed by atoms with Crippen LogP contribution >= 0.6 is 22.9 Å². The first-order valence-corrected chi connectivity index (χ1v) is 11.5. The van der Waals surface area contributed by atoms with Crippen LogP contribution in [0.3, 0.4) is 0 Å². The number of amides is 1. The average Bonchev–Trinajstić information content (AvgIpc) is 3.34. The van der Waals surface area contributed by atoms with Crippen molar-refractivity contribution in [3.63, 3.8) is 0 Å². The molecule has 30 heavy (non-hydrogen) atoms. The van der Waals surface area contributed by atoms with Crippen LogP contribution in [0.2, 0.25) is 5.02 Å². The van der Waals surface area contributed by atoms with Gasteiger partial charge in [0.05, 0.1) is 15.4 Å². The molecular formula is C23H23ClN4OS. The van der Waals surface area contributed by atoms with Gasteiger partial charge in [-0.2, -0.15) is 0 Å². The van der Waals surface area contributed by atoms with Gasteiger partial charge in [0.1, 0.15) is 11.5 Å². The number of pyridine rings is 1. The lowest BCUT2D eigenvalue weighted by Crippen LogP contribution is -2.50. The third-order valence-electron chi connectivity index (χ3n) is 6.26. The van der Waals surface area contributed by atoms with Gasteiger partial charge in [0.2, 0.25) is 0 Å². The molecule has 3 aromatic rings. The largest absolute Gasteiger partial charge is 0.368 e. The molecule has 154 valence electrons. The van der Waals surface area contributed by atoms with E-state index in [1.807, 2.05) is 47.4 Å². The maximum absolute atomic E-state index is 13.6. The summed E-state index contributed by atoms with van der Waals surface area (Å²) in [6.07, 6.45) is 6.30. The van der Waals surface area contributed by atoms with E-state index in [0.717, 1.165) is 35.6 Å². The summed E-state index contributed by atoms with van der Waals surface area (Å²) in [7, 11) is 0. The minimum absolute atomic E-state index is 0.0291. The van der Waals surface area contributed by atoms with Crippen molar-refractivity contribution < 1.29 is 4.79 Å². The lowest BCUT2D eigenvalue weighted by Gasteiger charge is -2.40. The highest BCUT2D eigenvalue weighted by Gasteiger charge is 2.49. The molecule has 3 heterocycles. The predicted octanol–water partition coefficient (Wildman–Crippen LogP) is 5.36. The van der Waals surface area contributed by atoms with Crippen molar-refractivity contribution in [3.8, 4) is 10.4 Å². The minimum Gasteiger partial charge on any atom is -0.368 e. The Morgan fingerprint density at radius 1 is 1.17 bits per heavy atom. The smallest absolute Gasteiger partial charge is 0.274 e. The maximum atomic E-state index is 13.6. The van der Waals surface area contributed by atoms with Crippen LogP contribution in [0.1, 0.15) is 36.2 Å². The molecule has 0 radical (unpaired) electrons. The first-order valence-electron chi connectivity index (χ1n) is 10.3. The molecule has 1 saturated carbocycles. The highest BCUT2D eigenvalue weighted by Crippen LogP contribution is 2.55. The Hall–Kier alpha value is -2.44. The lowest BCUT2D eigenvalue weighted by atomic mass is 9.87.